The molecule has 4 aliphatic rings. The lowest BCUT2D eigenvalue weighted by atomic mass is 9.30. The molecule has 0 aromatic heterocycles. The molecule has 6 nitrogen and oxygen atoms in total. The van der Waals surface area contributed by atoms with Crippen molar-refractivity contribution in [2.45, 2.75) is 52.4 Å². The second kappa shape index (κ2) is 23.9. The van der Waals surface area contributed by atoms with Gasteiger partial charge < -0.3 is 29.2 Å². The van der Waals surface area contributed by atoms with Crippen molar-refractivity contribution in [1.82, 2.24) is 0 Å². The number of anilines is 15. The smallest absolute Gasteiger partial charge is 0.256 e. The minimum absolute atomic E-state index is 0.00357. The Balaban J connectivity index is 0.947. The average Bonchev–Trinajstić information content (AvgIpc) is 0.686. The molecule has 0 unspecified atom stereocenters. The van der Waals surface area contributed by atoms with E-state index in [0.29, 0.717) is 0 Å². The molecule has 14 aromatic rings. The molecule has 0 spiro atoms. The molecule has 0 atom stereocenters. The summed E-state index contributed by atoms with van der Waals surface area (Å²) >= 11 is 0. The van der Waals surface area contributed by atoms with E-state index in [-0.39, 0.29) is 24.3 Å². The Morgan fingerprint density at radius 1 is 0.270 bits per heavy atom. The zero-order valence-electron chi connectivity index (χ0n) is 57.1. The van der Waals surface area contributed by atoms with Gasteiger partial charge in [0.1, 0.15) is 11.5 Å². The van der Waals surface area contributed by atoms with Gasteiger partial charge >= 0.3 is 0 Å². The van der Waals surface area contributed by atoms with Crippen LogP contribution in [0, 0.1) is 0 Å². The summed E-state index contributed by atoms with van der Waals surface area (Å²) in [5, 5.41) is 0. The zero-order chi connectivity index (χ0) is 67.4. The van der Waals surface area contributed by atoms with E-state index in [1.807, 2.05) is 0 Å². The second-order valence-electron chi connectivity index (χ2n) is 28.9. The summed E-state index contributed by atoms with van der Waals surface area (Å²) in [4.78, 5) is 12.5. The predicted molar refractivity (Wildman–Crippen MR) is 424 cm³/mol. The number of fused-ring (bicyclic) bond motifs is 8. The fourth-order valence-corrected chi connectivity index (χ4v) is 16.1. The number of ether oxygens (including phenoxy) is 1. The van der Waals surface area contributed by atoms with Gasteiger partial charge in [0.2, 0.25) is 0 Å². The Bertz CT molecular complexity index is 5410. The molecule has 0 fully saturated rings. The number of rotatable bonds is 11. The maximum atomic E-state index is 7.53. The van der Waals surface area contributed by atoms with Crippen molar-refractivity contribution in [2.24, 2.45) is 0 Å². The molecule has 4 heterocycles. The Morgan fingerprint density at radius 3 is 1.24 bits per heavy atom. The molecular weight excluding hydrogens is 1210 g/mol. The van der Waals surface area contributed by atoms with Gasteiger partial charge in [-0.05, 0) is 175 Å². The SMILES string of the molecule is CC(C)(C)c1ccc(-c2ccccc2N(c2ccccc2)c2cc3c4c(c2)N(c2ccccc2-c2ccc(C(C)(C)C)cc2)c2cc5c(cc2B4c2ccccc2O3)B2c3ccccc3N(c3ccccc3)c3cc(N(c4ccccc4)c4ccccc4)cc(c32)N5c2ccccc2)cc1. The first kappa shape index (κ1) is 60.4. The molecule has 478 valence electrons. The molecule has 0 N–H and O–H groups in total. The summed E-state index contributed by atoms with van der Waals surface area (Å²) in [5.74, 6) is 1.66. The molecule has 0 saturated carbocycles. The quantitative estimate of drug-likeness (QED) is 0.120. The van der Waals surface area contributed by atoms with Crippen LogP contribution < -0.4 is 62.0 Å². The fraction of sp³-hybridized carbons (Fsp3) is 0.0870. The Hall–Kier alpha value is -12.0. The van der Waals surface area contributed by atoms with E-state index >= 15 is 0 Å². The van der Waals surface area contributed by atoms with Crippen molar-refractivity contribution < 1.29 is 4.74 Å². The molecule has 100 heavy (non-hydrogen) atoms. The lowest BCUT2D eigenvalue weighted by Gasteiger charge is -2.47. The van der Waals surface area contributed by atoms with Crippen LogP contribution in [0.1, 0.15) is 52.7 Å². The van der Waals surface area contributed by atoms with Crippen molar-refractivity contribution in [1.29, 1.82) is 0 Å². The van der Waals surface area contributed by atoms with Crippen molar-refractivity contribution in [2.75, 3.05) is 24.5 Å². The van der Waals surface area contributed by atoms with Crippen LogP contribution in [-0.2, 0) is 10.8 Å². The number of benzene rings is 14. The summed E-state index contributed by atoms with van der Waals surface area (Å²) in [7, 11) is 0. The van der Waals surface area contributed by atoms with E-state index < -0.39 is 0 Å². The van der Waals surface area contributed by atoms with Gasteiger partial charge in [0.15, 0.2) is 0 Å². The van der Waals surface area contributed by atoms with Crippen LogP contribution in [0.5, 0.6) is 11.5 Å². The highest BCUT2D eigenvalue weighted by Gasteiger charge is 2.49. The van der Waals surface area contributed by atoms with Gasteiger partial charge in [-0.2, -0.15) is 0 Å². The van der Waals surface area contributed by atoms with E-state index in [4.69, 9.17) is 4.74 Å². The minimum Gasteiger partial charge on any atom is -0.458 e. The van der Waals surface area contributed by atoms with Crippen LogP contribution in [-0.4, -0.2) is 13.4 Å². The van der Waals surface area contributed by atoms with Gasteiger partial charge in [-0.15, -0.1) is 0 Å². The molecule has 14 aromatic carbocycles. The molecule has 4 aliphatic heterocycles. The van der Waals surface area contributed by atoms with Crippen LogP contribution in [0.4, 0.5) is 85.3 Å². The van der Waals surface area contributed by atoms with Crippen LogP contribution in [0.2, 0.25) is 0 Å². The molecule has 0 aliphatic carbocycles. The van der Waals surface area contributed by atoms with E-state index in [1.165, 1.54) is 33.0 Å². The third-order valence-electron chi connectivity index (χ3n) is 20.7. The van der Waals surface area contributed by atoms with Crippen LogP contribution in [0.25, 0.3) is 22.3 Å². The van der Waals surface area contributed by atoms with Crippen molar-refractivity contribution in [3.63, 3.8) is 0 Å². The van der Waals surface area contributed by atoms with E-state index in [2.05, 4.69) is 400 Å². The van der Waals surface area contributed by atoms with Gasteiger partial charge in [-0.3, -0.25) is 0 Å². The lowest BCUT2D eigenvalue weighted by Crippen LogP contribution is -2.64. The first-order chi connectivity index (χ1) is 48.9. The summed E-state index contributed by atoms with van der Waals surface area (Å²) in [5.41, 5.74) is 30.3. The van der Waals surface area contributed by atoms with Crippen LogP contribution in [0.3, 0.4) is 0 Å². The average molecular weight is 1290 g/mol. The molecule has 0 amide bonds. The first-order valence-electron chi connectivity index (χ1n) is 35.0. The molecule has 0 bridgehead atoms. The number of hydrogen-bond donors (Lipinski definition) is 0. The van der Waals surface area contributed by atoms with Gasteiger partial charge in [0, 0.05) is 79.8 Å². The second-order valence-corrected chi connectivity index (χ2v) is 28.9. The Morgan fingerprint density at radius 2 is 0.680 bits per heavy atom. The van der Waals surface area contributed by atoms with Gasteiger partial charge in [0.05, 0.1) is 22.7 Å². The molecule has 18 rings (SSSR count). The van der Waals surface area contributed by atoms with Gasteiger partial charge in [-0.25, -0.2) is 0 Å². The standard InChI is InChI=1S/C92H73B2N5O/c1-91(2,3)64-52-48-62(49-53-64)73-40-22-26-44-79(73)96(68-34-16-9-17-35-68)72-58-86-90-88(59-72)100-87-47-29-25-43-76(87)94(90)78-60-77-82(61-83(78)99(86)80-45-27-23-41-74(80)63-50-54-65(55-51-63)92(4,5)6)98(70-38-20-11-21-39-70)85-57-71(95(66-30-12-7-13-31-66)67-32-14-8-15-33-67)56-84-89(85)93(77)75-42-24-28-46-81(75)97(84)69-36-18-10-19-37-69/h7-61H,1-6H3. The maximum Gasteiger partial charge on any atom is 0.256 e. The minimum atomic E-state index is -0.240. The Kier molecular flexibility index (Phi) is 14.5. The number of hydrogen-bond acceptors (Lipinski definition) is 6. The molecular formula is C92H73B2N5O. The highest BCUT2D eigenvalue weighted by Crippen LogP contribution is 2.53. The molecule has 0 radical (unpaired) electrons. The Labute approximate surface area is 588 Å². The normalized spacial score (nSPS) is 13.1. The van der Waals surface area contributed by atoms with Crippen LogP contribution >= 0.6 is 0 Å². The first-order valence-corrected chi connectivity index (χ1v) is 35.0. The van der Waals surface area contributed by atoms with Crippen molar-refractivity contribution in [3.8, 4) is 33.8 Å². The van der Waals surface area contributed by atoms with Crippen molar-refractivity contribution >= 4 is 132 Å². The summed E-state index contributed by atoms with van der Waals surface area (Å²) in [6.45, 7) is 13.3. The van der Waals surface area contributed by atoms with E-state index in [0.717, 1.165) is 130 Å². The zero-order valence-corrected chi connectivity index (χ0v) is 57.1. The predicted octanol–water partition coefficient (Wildman–Crippen LogP) is 21.0. The third kappa shape index (κ3) is 10.1. The number of nitrogens with zero attached hydrogens (tertiary/aromatic N) is 5. The topological polar surface area (TPSA) is 25.4 Å². The molecule has 0 saturated heterocycles. The largest absolute Gasteiger partial charge is 0.458 e. The highest BCUT2D eigenvalue weighted by atomic mass is 16.5. The lowest BCUT2D eigenvalue weighted by molar-refractivity contribution is 0.487. The summed E-state index contributed by atoms with van der Waals surface area (Å²) in [6.07, 6.45) is 0. The fourth-order valence-electron chi connectivity index (χ4n) is 16.1. The third-order valence-corrected chi connectivity index (χ3v) is 20.7. The van der Waals surface area contributed by atoms with Crippen molar-refractivity contribution in [3.05, 3.63) is 345 Å². The van der Waals surface area contributed by atoms with E-state index in [1.54, 1.807) is 0 Å². The monoisotopic (exact) mass is 1290 g/mol. The maximum absolute atomic E-state index is 7.53. The highest BCUT2D eigenvalue weighted by molar-refractivity contribution is 7.02. The summed E-state index contributed by atoms with van der Waals surface area (Å²) < 4.78 is 7.53. The number of para-hydroxylation sites is 9. The van der Waals surface area contributed by atoms with Gasteiger partial charge in [-0.1, -0.05) is 260 Å². The van der Waals surface area contributed by atoms with E-state index in [9.17, 15) is 0 Å². The summed E-state index contributed by atoms with van der Waals surface area (Å²) in [6, 6.07) is 124. The van der Waals surface area contributed by atoms with Crippen LogP contribution in [0.15, 0.2) is 334 Å². The van der Waals surface area contributed by atoms with Gasteiger partial charge in [0.25, 0.3) is 13.4 Å². The molecule has 8 heteroatoms.